The lowest BCUT2D eigenvalue weighted by Crippen LogP contribution is -2.58. The first-order chi connectivity index (χ1) is 16.7. The van der Waals surface area contributed by atoms with Crippen molar-refractivity contribution >= 4 is 29.5 Å². The number of nitrogens with one attached hydrogen (secondary N) is 1. The second-order valence-electron chi connectivity index (χ2n) is 10.7. The third-order valence-electron chi connectivity index (χ3n) is 7.19. The molecule has 2 aliphatic rings. The zero-order valence-electron chi connectivity index (χ0n) is 20.8. The highest BCUT2D eigenvalue weighted by Crippen LogP contribution is 2.42. The molecule has 3 atom stereocenters. The van der Waals surface area contributed by atoms with Gasteiger partial charge in [-0.1, -0.05) is 74.8 Å². The van der Waals surface area contributed by atoms with Gasteiger partial charge in [0.1, 0.15) is 12.6 Å². The summed E-state index contributed by atoms with van der Waals surface area (Å²) in [6, 6.07) is 17.2. The number of carbonyl (C=O) groups excluding carboxylic acids is 2. The molecular formula is C29H35ClN2O3. The third kappa shape index (κ3) is 6.46. The Labute approximate surface area is 213 Å². The molecule has 6 heteroatoms. The lowest BCUT2D eigenvalue weighted by atomic mass is 9.69. The molecule has 1 heterocycles. The van der Waals surface area contributed by atoms with Crippen LogP contribution in [0.3, 0.4) is 0 Å². The fraction of sp³-hybridized carbons (Fsp3) is 0.448. The van der Waals surface area contributed by atoms with Gasteiger partial charge in [0.25, 0.3) is 5.91 Å². The van der Waals surface area contributed by atoms with Crippen molar-refractivity contribution < 1.29 is 14.3 Å². The van der Waals surface area contributed by atoms with E-state index in [1.54, 1.807) is 11.0 Å². The molecule has 0 aromatic heterocycles. The highest BCUT2D eigenvalue weighted by atomic mass is 35.5. The number of amides is 2. The van der Waals surface area contributed by atoms with Gasteiger partial charge in [-0.3, -0.25) is 9.59 Å². The lowest BCUT2D eigenvalue weighted by Gasteiger charge is -2.48. The van der Waals surface area contributed by atoms with Crippen LogP contribution in [0.2, 0.25) is 5.02 Å². The monoisotopic (exact) mass is 494 g/mol. The molecule has 0 bridgehead atoms. The fourth-order valence-corrected chi connectivity index (χ4v) is 5.20. The summed E-state index contributed by atoms with van der Waals surface area (Å²) in [7, 11) is 0. The summed E-state index contributed by atoms with van der Waals surface area (Å²) in [6.07, 6.45) is 5.18. The SMILES string of the molecule is CC(C)(C)C1CCC2O/C(=C\c3ccccc3)C(=O)N(CC(=O)NCCc3ccc(Cl)cc3)C2C1. The third-order valence-corrected chi connectivity index (χ3v) is 7.44. The Bertz CT molecular complexity index is 1060. The van der Waals surface area contributed by atoms with Gasteiger partial charge in [0.2, 0.25) is 5.91 Å². The average molecular weight is 495 g/mol. The smallest absolute Gasteiger partial charge is 0.289 e. The van der Waals surface area contributed by atoms with Crippen molar-refractivity contribution in [3.63, 3.8) is 0 Å². The molecule has 0 radical (unpaired) electrons. The van der Waals surface area contributed by atoms with Crippen LogP contribution in [0.15, 0.2) is 60.4 Å². The molecule has 3 unspecified atom stereocenters. The number of rotatable bonds is 6. The van der Waals surface area contributed by atoms with Crippen LogP contribution in [0, 0.1) is 11.3 Å². The first-order valence-electron chi connectivity index (χ1n) is 12.5. The Morgan fingerprint density at radius 3 is 2.51 bits per heavy atom. The summed E-state index contributed by atoms with van der Waals surface area (Å²) < 4.78 is 6.26. The van der Waals surface area contributed by atoms with Crippen LogP contribution in [0.1, 0.15) is 51.2 Å². The molecule has 1 N–H and O–H groups in total. The molecular weight excluding hydrogens is 460 g/mol. The minimum Gasteiger partial charge on any atom is -0.482 e. The van der Waals surface area contributed by atoms with E-state index < -0.39 is 0 Å². The minimum absolute atomic E-state index is 0.0347. The van der Waals surface area contributed by atoms with Gasteiger partial charge in [-0.15, -0.1) is 0 Å². The van der Waals surface area contributed by atoms with Gasteiger partial charge in [0, 0.05) is 11.6 Å². The van der Waals surface area contributed by atoms with Gasteiger partial charge in [0.15, 0.2) is 5.76 Å². The summed E-state index contributed by atoms with van der Waals surface area (Å²) in [5.74, 6) is 0.429. The number of fused-ring (bicyclic) bond motifs is 1. The zero-order chi connectivity index (χ0) is 25.0. The standard InChI is InChI=1S/C29H35ClN2O3/c1-29(2,3)22-11-14-25-24(18-22)32(28(34)26(35-25)17-21-7-5-4-6-8-21)19-27(33)31-16-15-20-9-12-23(30)13-10-20/h4-10,12-13,17,22,24-25H,11,14-16,18-19H2,1-3H3,(H,31,33)/b26-17-. The molecule has 5 nitrogen and oxygen atoms in total. The van der Waals surface area contributed by atoms with Crippen molar-refractivity contribution in [1.29, 1.82) is 0 Å². The second kappa shape index (κ2) is 10.9. The maximum atomic E-state index is 13.5. The van der Waals surface area contributed by atoms with E-state index in [2.05, 4.69) is 26.1 Å². The van der Waals surface area contributed by atoms with E-state index in [9.17, 15) is 9.59 Å². The maximum absolute atomic E-state index is 13.5. The highest BCUT2D eigenvalue weighted by Gasteiger charge is 2.46. The number of hydrogen-bond donors (Lipinski definition) is 1. The van der Waals surface area contributed by atoms with Crippen LogP contribution < -0.4 is 5.32 Å². The largest absolute Gasteiger partial charge is 0.482 e. The van der Waals surface area contributed by atoms with Crippen LogP contribution in [0.4, 0.5) is 0 Å². The molecule has 2 fully saturated rings. The van der Waals surface area contributed by atoms with Crippen molar-refractivity contribution in [2.24, 2.45) is 11.3 Å². The first kappa shape index (κ1) is 25.3. The summed E-state index contributed by atoms with van der Waals surface area (Å²) in [5.41, 5.74) is 2.15. The van der Waals surface area contributed by atoms with Crippen LogP contribution in [-0.4, -0.2) is 41.9 Å². The molecule has 1 aliphatic heterocycles. The molecule has 1 saturated carbocycles. The van der Waals surface area contributed by atoms with E-state index in [-0.39, 0.29) is 35.9 Å². The number of ether oxygens (including phenoxy) is 1. The highest BCUT2D eigenvalue weighted by molar-refractivity contribution is 6.30. The number of hydrogen-bond acceptors (Lipinski definition) is 3. The van der Waals surface area contributed by atoms with Crippen molar-refractivity contribution in [1.82, 2.24) is 10.2 Å². The fourth-order valence-electron chi connectivity index (χ4n) is 5.07. The normalized spacial score (nSPS) is 23.5. The van der Waals surface area contributed by atoms with Gasteiger partial charge >= 0.3 is 0 Å². The van der Waals surface area contributed by atoms with E-state index in [4.69, 9.17) is 16.3 Å². The van der Waals surface area contributed by atoms with Crippen molar-refractivity contribution in [3.8, 4) is 0 Å². The van der Waals surface area contributed by atoms with E-state index >= 15 is 0 Å². The summed E-state index contributed by atoms with van der Waals surface area (Å²) in [5, 5.41) is 3.68. The molecule has 0 spiro atoms. The Kier molecular flexibility index (Phi) is 7.85. The molecule has 2 amide bonds. The predicted molar refractivity (Wildman–Crippen MR) is 140 cm³/mol. The maximum Gasteiger partial charge on any atom is 0.289 e. The van der Waals surface area contributed by atoms with E-state index in [0.717, 1.165) is 30.4 Å². The van der Waals surface area contributed by atoms with E-state index in [0.29, 0.717) is 29.7 Å². The number of benzene rings is 2. The predicted octanol–water partition coefficient (Wildman–Crippen LogP) is 5.48. The Morgan fingerprint density at radius 2 is 1.83 bits per heavy atom. The van der Waals surface area contributed by atoms with Crippen LogP contribution in [0.25, 0.3) is 6.08 Å². The van der Waals surface area contributed by atoms with Gasteiger partial charge in [-0.2, -0.15) is 0 Å². The molecule has 2 aromatic carbocycles. The summed E-state index contributed by atoms with van der Waals surface area (Å²) in [6.45, 7) is 7.28. The average Bonchev–Trinajstić information content (AvgIpc) is 2.83. The molecule has 1 saturated heterocycles. The van der Waals surface area contributed by atoms with Crippen LogP contribution >= 0.6 is 11.6 Å². The Hall–Kier alpha value is -2.79. The number of carbonyl (C=O) groups is 2. The van der Waals surface area contributed by atoms with Crippen LogP contribution in [0.5, 0.6) is 0 Å². The van der Waals surface area contributed by atoms with Gasteiger partial charge in [0.05, 0.1) is 6.04 Å². The minimum atomic E-state index is -0.211. The van der Waals surface area contributed by atoms with Gasteiger partial charge in [-0.25, -0.2) is 0 Å². The number of nitrogens with zero attached hydrogens (tertiary/aromatic N) is 1. The van der Waals surface area contributed by atoms with Crippen molar-refractivity contribution in [3.05, 3.63) is 76.5 Å². The van der Waals surface area contributed by atoms with E-state index in [1.165, 1.54) is 0 Å². The molecule has 2 aromatic rings. The summed E-state index contributed by atoms with van der Waals surface area (Å²) >= 11 is 5.95. The Morgan fingerprint density at radius 1 is 1.11 bits per heavy atom. The molecule has 186 valence electrons. The van der Waals surface area contributed by atoms with Gasteiger partial charge in [-0.05, 0) is 66.4 Å². The van der Waals surface area contributed by atoms with Crippen molar-refractivity contribution in [2.75, 3.05) is 13.1 Å². The van der Waals surface area contributed by atoms with Crippen molar-refractivity contribution in [2.45, 2.75) is 58.6 Å². The van der Waals surface area contributed by atoms with E-state index in [1.807, 2.05) is 54.6 Å². The summed E-state index contributed by atoms with van der Waals surface area (Å²) in [4.78, 5) is 28.2. The lowest BCUT2D eigenvalue weighted by molar-refractivity contribution is -0.154. The Balaban J connectivity index is 1.48. The topological polar surface area (TPSA) is 58.6 Å². The quantitative estimate of drug-likeness (QED) is 0.541. The van der Waals surface area contributed by atoms with Crippen LogP contribution in [-0.2, 0) is 20.7 Å². The number of morpholine rings is 1. The van der Waals surface area contributed by atoms with Gasteiger partial charge < -0.3 is 15.0 Å². The second-order valence-corrected chi connectivity index (χ2v) is 11.1. The zero-order valence-corrected chi connectivity index (χ0v) is 21.6. The molecule has 1 aliphatic carbocycles. The first-order valence-corrected chi connectivity index (χ1v) is 12.8. The molecule has 4 rings (SSSR count). The number of halogens is 1. The molecule has 35 heavy (non-hydrogen) atoms.